The number of rotatable bonds is 5. The summed E-state index contributed by atoms with van der Waals surface area (Å²) in [5, 5.41) is 6.09. The van der Waals surface area contributed by atoms with Crippen LogP contribution in [-0.4, -0.2) is 35.0 Å². The maximum absolute atomic E-state index is 13.1. The van der Waals surface area contributed by atoms with Crippen LogP contribution in [0.4, 0.5) is 10.5 Å². The van der Waals surface area contributed by atoms with Gasteiger partial charge in [0.25, 0.3) is 0 Å². The molecule has 1 saturated carbocycles. The van der Waals surface area contributed by atoms with Crippen LogP contribution >= 0.6 is 34.5 Å². The number of carbonyl (C=O) groups is 2. The van der Waals surface area contributed by atoms with E-state index < -0.39 is 5.97 Å². The molecule has 28 heavy (non-hydrogen) atoms. The summed E-state index contributed by atoms with van der Waals surface area (Å²) in [5.74, 6) is -0.482. The molecule has 0 saturated heterocycles. The first-order valence-electron chi connectivity index (χ1n) is 9.03. The zero-order valence-electron chi connectivity index (χ0n) is 15.4. The van der Waals surface area contributed by atoms with Crippen molar-refractivity contribution < 1.29 is 14.3 Å². The first kappa shape index (κ1) is 20.9. The van der Waals surface area contributed by atoms with Crippen LogP contribution in [0.3, 0.4) is 0 Å². The van der Waals surface area contributed by atoms with Crippen molar-refractivity contribution in [1.82, 2.24) is 9.88 Å². The zero-order valence-corrected chi connectivity index (χ0v) is 17.7. The number of halogens is 2. The number of nitrogens with zero attached hydrogens (tertiary/aromatic N) is 2. The van der Waals surface area contributed by atoms with Crippen LogP contribution in [0.5, 0.6) is 0 Å². The summed E-state index contributed by atoms with van der Waals surface area (Å²) in [5.41, 5.74) is 0.763. The topological polar surface area (TPSA) is 71.5 Å². The molecule has 3 rings (SSSR count). The van der Waals surface area contributed by atoms with E-state index in [1.807, 2.05) is 0 Å². The number of amides is 2. The Morgan fingerprint density at radius 1 is 1.29 bits per heavy atom. The second-order valence-electron chi connectivity index (χ2n) is 6.59. The molecule has 9 heteroatoms. The standard InChI is InChI=1S/C19H21Cl2N3O3S/c1-27-18(25)16-11-28-17(22-16)10-24(13-5-3-2-4-6-13)19(26)23-15-8-7-12(20)9-14(15)21/h7-9,11,13H,2-6,10H2,1H3,(H,23,26). The quantitative estimate of drug-likeness (QED) is 0.612. The molecule has 6 nitrogen and oxygen atoms in total. The number of esters is 1. The lowest BCUT2D eigenvalue weighted by Gasteiger charge is -2.34. The number of hydrogen-bond acceptors (Lipinski definition) is 5. The summed E-state index contributed by atoms with van der Waals surface area (Å²) < 4.78 is 4.71. The van der Waals surface area contributed by atoms with Crippen molar-refractivity contribution in [3.05, 3.63) is 44.3 Å². The van der Waals surface area contributed by atoms with Gasteiger partial charge in [0.15, 0.2) is 5.69 Å². The van der Waals surface area contributed by atoms with Gasteiger partial charge in [0.2, 0.25) is 0 Å². The highest BCUT2D eigenvalue weighted by Gasteiger charge is 2.27. The van der Waals surface area contributed by atoms with Gasteiger partial charge >= 0.3 is 12.0 Å². The molecule has 0 bridgehead atoms. The maximum atomic E-state index is 13.1. The number of carbonyl (C=O) groups excluding carboxylic acids is 2. The van der Waals surface area contributed by atoms with Crippen molar-refractivity contribution in [1.29, 1.82) is 0 Å². The van der Waals surface area contributed by atoms with E-state index in [1.165, 1.54) is 24.9 Å². The molecule has 1 fully saturated rings. The van der Waals surface area contributed by atoms with Crippen LogP contribution in [0.2, 0.25) is 10.0 Å². The van der Waals surface area contributed by atoms with Crippen molar-refractivity contribution in [2.45, 2.75) is 44.7 Å². The summed E-state index contributed by atoms with van der Waals surface area (Å²) in [4.78, 5) is 30.8. The Morgan fingerprint density at radius 3 is 2.71 bits per heavy atom. The second kappa shape index (κ2) is 9.58. The average molecular weight is 442 g/mol. The number of urea groups is 1. The Labute approximate surface area is 177 Å². The van der Waals surface area contributed by atoms with Crippen LogP contribution in [0.1, 0.15) is 47.6 Å². The molecule has 1 aromatic heterocycles. The molecule has 1 N–H and O–H groups in total. The summed E-state index contributed by atoms with van der Waals surface area (Å²) in [6.07, 6.45) is 5.23. The molecular weight excluding hydrogens is 421 g/mol. The molecule has 1 heterocycles. The van der Waals surface area contributed by atoms with Gasteiger partial charge in [0.1, 0.15) is 5.01 Å². The Hall–Kier alpha value is -1.83. The molecule has 150 valence electrons. The van der Waals surface area contributed by atoms with E-state index in [4.69, 9.17) is 27.9 Å². The minimum atomic E-state index is -0.482. The van der Waals surface area contributed by atoms with E-state index >= 15 is 0 Å². The van der Waals surface area contributed by atoms with Crippen LogP contribution in [-0.2, 0) is 11.3 Å². The van der Waals surface area contributed by atoms with Crippen molar-refractivity contribution in [2.24, 2.45) is 0 Å². The predicted molar refractivity (Wildman–Crippen MR) is 111 cm³/mol. The molecule has 1 aliphatic carbocycles. The molecule has 0 radical (unpaired) electrons. The van der Waals surface area contributed by atoms with Gasteiger partial charge in [-0.3, -0.25) is 0 Å². The molecule has 0 spiro atoms. The fourth-order valence-corrected chi connectivity index (χ4v) is 4.48. The molecule has 0 aliphatic heterocycles. The third kappa shape index (κ3) is 5.16. The van der Waals surface area contributed by atoms with Crippen LogP contribution in [0.15, 0.2) is 23.6 Å². The summed E-state index contributed by atoms with van der Waals surface area (Å²) >= 11 is 13.5. The highest BCUT2D eigenvalue weighted by Crippen LogP contribution is 2.28. The van der Waals surface area contributed by atoms with Gasteiger partial charge in [0, 0.05) is 16.4 Å². The lowest BCUT2D eigenvalue weighted by atomic mass is 9.94. The van der Waals surface area contributed by atoms with Gasteiger partial charge in [0.05, 0.1) is 24.4 Å². The lowest BCUT2D eigenvalue weighted by molar-refractivity contribution is 0.0594. The summed E-state index contributed by atoms with van der Waals surface area (Å²) in [6.45, 7) is 0.323. The lowest BCUT2D eigenvalue weighted by Crippen LogP contribution is -2.43. The van der Waals surface area contributed by atoms with E-state index in [9.17, 15) is 9.59 Å². The Balaban J connectivity index is 1.78. The fourth-order valence-electron chi connectivity index (χ4n) is 3.26. The smallest absolute Gasteiger partial charge is 0.357 e. The summed E-state index contributed by atoms with van der Waals surface area (Å²) in [7, 11) is 1.32. The van der Waals surface area contributed by atoms with Crippen molar-refractivity contribution >= 4 is 52.2 Å². The number of anilines is 1. The molecule has 1 aromatic carbocycles. The van der Waals surface area contributed by atoms with Crippen molar-refractivity contribution in [2.75, 3.05) is 12.4 Å². The van der Waals surface area contributed by atoms with E-state index in [-0.39, 0.29) is 17.8 Å². The van der Waals surface area contributed by atoms with Crippen LogP contribution < -0.4 is 5.32 Å². The van der Waals surface area contributed by atoms with Crippen molar-refractivity contribution in [3.63, 3.8) is 0 Å². The Bertz CT molecular complexity index is 853. The van der Waals surface area contributed by atoms with Crippen LogP contribution in [0, 0.1) is 0 Å². The molecule has 0 unspecified atom stereocenters. The predicted octanol–water partition coefficient (Wildman–Crippen LogP) is 5.60. The number of aromatic nitrogens is 1. The number of thiazole rings is 1. The monoisotopic (exact) mass is 441 g/mol. The maximum Gasteiger partial charge on any atom is 0.357 e. The largest absolute Gasteiger partial charge is 0.464 e. The molecule has 1 aliphatic rings. The third-order valence-electron chi connectivity index (χ3n) is 4.70. The number of hydrogen-bond donors (Lipinski definition) is 1. The van der Waals surface area contributed by atoms with E-state index in [0.717, 1.165) is 25.7 Å². The SMILES string of the molecule is COC(=O)c1csc(CN(C(=O)Nc2ccc(Cl)cc2Cl)C2CCCCC2)n1. The molecule has 2 aromatic rings. The normalized spacial score (nSPS) is 14.5. The summed E-state index contributed by atoms with van der Waals surface area (Å²) in [6, 6.07) is 4.82. The fraction of sp³-hybridized carbons (Fsp3) is 0.421. The van der Waals surface area contributed by atoms with Crippen molar-refractivity contribution in [3.8, 4) is 0 Å². The van der Waals surface area contributed by atoms with Gasteiger partial charge < -0.3 is 15.0 Å². The van der Waals surface area contributed by atoms with E-state index in [0.29, 0.717) is 27.3 Å². The third-order valence-corrected chi connectivity index (χ3v) is 6.08. The first-order chi connectivity index (χ1) is 13.5. The van der Waals surface area contributed by atoms with E-state index in [1.54, 1.807) is 28.5 Å². The first-order valence-corrected chi connectivity index (χ1v) is 10.7. The minimum Gasteiger partial charge on any atom is -0.464 e. The second-order valence-corrected chi connectivity index (χ2v) is 8.38. The highest BCUT2D eigenvalue weighted by atomic mass is 35.5. The number of benzene rings is 1. The van der Waals surface area contributed by atoms with Gasteiger partial charge in [-0.05, 0) is 31.0 Å². The number of ether oxygens (including phenoxy) is 1. The number of nitrogens with one attached hydrogen (secondary N) is 1. The molecule has 0 atom stereocenters. The Morgan fingerprint density at radius 2 is 2.04 bits per heavy atom. The molecule has 2 amide bonds. The minimum absolute atomic E-state index is 0.116. The highest BCUT2D eigenvalue weighted by molar-refractivity contribution is 7.09. The van der Waals surface area contributed by atoms with E-state index in [2.05, 4.69) is 10.3 Å². The van der Waals surface area contributed by atoms with Gasteiger partial charge in [-0.15, -0.1) is 11.3 Å². The average Bonchev–Trinajstić information content (AvgIpc) is 3.17. The zero-order chi connectivity index (χ0) is 20.1. The van der Waals surface area contributed by atoms with Gasteiger partial charge in [-0.1, -0.05) is 42.5 Å². The van der Waals surface area contributed by atoms with Crippen LogP contribution in [0.25, 0.3) is 0 Å². The molecular formula is C19H21Cl2N3O3S. The van der Waals surface area contributed by atoms with Gasteiger partial charge in [-0.25, -0.2) is 14.6 Å². The Kier molecular flexibility index (Phi) is 7.15. The van der Waals surface area contributed by atoms with Gasteiger partial charge in [-0.2, -0.15) is 0 Å². The number of methoxy groups -OCH3 is 1.